The van der Waals surface area contributed by atoms with E-state index in [4.69, 9.17) is 5.26 Å². The van der Waals surface area contributed by atoms with Crippen LogP contribution in [0.4, 0.5) is 0 Å². The van der Waals surface area contributed by atoms with Crippen molar-refractivity contribution in [3.8, 4) is 6.07 Å². The Morgan fingerprint density at radius 1 is 1.24 bits per heavy atom. The van der Waals surface area contributed by atoms with Gasteiger partial charge in [0.25, 0.3) is 0 Å². The molecule has 17 heavy (non-hydrogen) atoms. The molecule has 0 N–H and O–H groups in total. The van der Waals surface area contributed by atoms with Gasteiger partial charge in [-0.25, -0.2) is 0 Å². The molecule has 0 unspecified atom stereocenters. The van der Waals surface area contributed by atoms with E-state index in [2.05, 4.69) is 42.2 Å². The molecule has 0 aliphatic heterocycles. The number of hydrogen-bond donors (Lipinski definition) is 0. The Kier molecular flexibility index (Phi) is 3.40. The van der Waals surface area contributed by atoms with E-state index in [1.165, 1.54) is 29.1 Å². The number of aromatic nitrogens is 2. The van der Waals surface area contributed by atoms with Crippen LogP contribution in [0.1, 0.15) is 16.7 Å². The average Bonchev–Trinajstić information content (AvgIpc) is 2.33. The molecule has 4 heteroatoms. The summed E-state index contributed by atoms with van der Waals surface area (Å²) in [5, 5.41) is 17.4. The van der Waals surface area contributed by atoms with Crippen LogP contribution in [0.15, 0.2) is 40.4 Å². The summed E-state index contributed by atoms with van der Waals surface area (Å²) in [6.07, 6.45) is 1.53. The molecule has 0 bridgehead atoms. The number of aryl methyl sites for hydroxylation is 2. The molecule has 0 spiro atoms. The summed E-state index contributed by atoms with van der Waals surface area (Å²) in [5.41, 5.74) is 2.97. The van der Waals surface area contributed by atoms with Crippen LogP contribution >= 0.6 is 11.8 Å². The predicted octanol–water partition coefficient (Wildman–Crippen LogP) is 3.12. The van der Waals surface area contributed by atoms with Gasteiger partial charge in [0.15, 0.2) is 0 Å². The second-order valence-electron chi connectivity index (χ2n) is 3.73. The third-order valence-corrected chi connectivity index (χ3v) is 3.52. The summed E-state index contributed by atoms with van der Waals surface area (Å²) in [6, 6.07) is 10.0. The van der Waals surface area contributed by atoms with E-state index in [0.29, 0.717) is 10.6 Å². The van der Waals surface area contributed by atoms with Crippen molar-refractivity contribution >= 4 is 11.8 Å². The van der Waals surface area contributed by atoms with Crippen molar-refractivity contribution < 1.29 is 0 Å². The highest BCUT2D eigenvalue weighted by atomic mass is 32.2. The Morgan fingerprint density at radius 3 is 2.76 bits per heavy atom. The summed E-state index contributed by atoms with van der Waals surface area (Å²) in [7, 11) is 0. The van der Waals surface area contributed by atoms with Gasteiger partial charge in [-0.15, -0.1) is 5.10 Å². The number of nitrogens with zero attached hydrogens (tertiary/aromatic N) is 3. The molecule has 0 atom stereocenters. The molecule has 0 aliphatic carbocycles. The SMILES string of the molecule is Cc1ccc(Sc2nnccc2C#N)c(C)c1. The zero-order valence-electron chi connectivity index (χ0n) is 9.64. The molecule has 3 nitrogen and oxygen atoms in total. The zero-order chi connectivity index (χ0) is 12.3. The maximum absolute atomic E-state index is 8.98. The lowest BCUT2D eigenvalue weighted by molar-refractivity contribution is 0.919. The fourth-order valence-electron chi connectivity index (χ4n) is 1.50. The minimum Gasteiger partial charge on any atom is -0.192 e. The molecule has 0 radical (unpaired) electrons. The average molecular weight is 241 g/mol. The molecule has 1 aromatic carbocycles. The summed E-state index contributed by atoms with van der Waals surface area (Å²) < 4.78 is 0. The highest BCUT2D eigenvalue weighted by Crippen LogP contribution is 2.30. The van der Waals surface area contributed by atoms with Crippen molar-refractivity contribution in [3.05, 3.63) is 47.2 Å². The monoisotopic (exact) mass is 241 g/mol. The maximum Gasteiger partial charge on any atom is 0.141 e. The summed E-state index contributed by atoms with van der Waals surface area (Å²) in [5.74, 6) is 0. The number of rotatable bonds is 2. The Balaban J connectivity index is 2.35. The number of benzene rings is 1. The van der Waals surface area contributed by atoms with Gasteiger partial charge in [-0.3, -0.25) is 0 Å². The Bertz CT molecular complexity index is 587. The van der Waals surface area contributed by atoms with Gasteiger partial charge < -0.3 is 0 Å². The normalized spacial score (nSPS) is 9.94. The van der Waals surface area contributed by atoms with Gasteiger partial charge in [-0.2, -0.15) is 10.4 Å². The molecule has 0 amide bonds. The van der Waals surface area contributed by atoms with Crippen molar-refractivity contribution in [2.45, 2.75) is 23.8 Å². The fourth-order valence-corrected chi connectivity index (χ4v) is 2.37. The highest BCUT2D eigenvalue weighted by Gasteiger charge is 2.07. The number of nitriles is 1. The minimum absolute atomic E-state index is 0.560. The molecule has 1 aromatic heterocycles. The lowest BCUT2D eigenvalue weighted by Gasteiger charge is -2.06. The molecule has 0 aliphatic rings. The Labute approximate surface area is 105 Å². The molecular formula is C13H11N3S. The van der Waals surface area contributed by atoms with Gasteiger partial charge in [0.2, 0.25) is 0 Å². The largest absolute Gasteiger partial charge is 0.192 e. The van der Waals surface area contributed by atoms with Crippen molar-refractivity contribution in [3.63, 3.8) is 0 Å². The van der Waals surface area contributed by atoms with Crippen molar-refractivity contribution in [2.24, 2.45) is 0 Å². The van der Waals surface area contributed by atoms with Gasteiger partial charge >= 0.3 is 0 Å². The molecule has 2 aromatic rings. The molecule has 2 rings (SSSR count). The van der Waals surface area contributed by atoms with E-state index in [9.17, 15) is 0 Å². The maximum atomic E-state index is 8.98. The second-order valence-corrected chi connectivity index (χ2v) is 4.76. The first-order valence-electron chi connectivity index (χ1n) is 5.17. The molecule has 84 valence electrons. The zero-order valence-corrected chi connectivity index (χ0v) is 10.5. The smallest absolute Gasteiger partial charge is 0.141 e. The summed E-state index contributed by atoms with van der Waals surface area (Å²) in [6.45, 7) is 4.11. The summed E-state index contributed by atoms with van der Waals surface area (Å²) in [4.78, 5) is 1.10. The first kappa shape index (κ1) is 11.6. The molecule has 1 heterocycles. The van der Waals surface area contributed by atoms with E-state index < -0.39 is 0 Å². The fraction of sp³-hybridized carbons (Fsp3) is 0.154. The van der Waals surface area contributed by atoms with Crippen LogP contribution in [0.25, 0.3) is 0 Å². The van der Waals surface area contributed by atoms with Gasteiger partial charge in [0.05, 0.1) is 11.8 Å². The van der Waals surface area contributed by atoms with Gasteiger partial charge in [-0.05, 0) is 31.5 Å². The van der Waals surface area contributed by atoms with Crippen LogP contribution in [-0.4, -0.2) is 10.2 Å². The second kappa shape index (κ2) is 4.98. The van der Waals surface area contributed by atoms with E-state index in [1.54, 1.807) is 6.07 Å². The van der Waals surface area contributed by atoms with E-state index in [1.807, 2.05) is 6.07 Å². The van der Waals surface area contributed by atoms with Crippen molar-refractivity contribution in [1.82, 2.24) is 10.2 Å². The van der Waals surface area contributed by atoms with Crippen LogP contribution in [0.2, 0.25) is 0 Å². The van der Waals surface area contributed by atoms with Crippen molar-refractivity contribution in [2.75, 3.05) is 0 Å². The van der Waals surface area contributed by atoms with E-state index in [0.717, 1.165) is 4.90 Å². The van der Waals surface area contributed by atoms with E-state index >= 15 is 0 Å². The van der Waals surface area contributed by atoms with Crippen LogP contribution < -0.4 is 0 Å². The van der Waals surface area contributed by atoms with Crippen molar-refractivity contribution in [1.29, 1.82) is 5.26 Å². The van der Waals surface area contributed by atoms with Crippen LogP contribution in [0.5, 0.6) is 0 Å². The quantitative estimate of drug-likeness (QED) is 0.810. The Morgan fingerprint density at radius 2 is 2.06 bits per heavy atom. The molecule has 0 saturated heterocycles. The topological polar surface area (TPSA) is 49.6 Å². The van der Waals surface area contributed by atoms with Gasteiger partial charge in [-0.1, -0.05) is 29.5 Å². The van der Waals surface area contributed by atoms with Gasteiger partial charge in [0.1, 0.15) is 11.1 Å². The van der Waals surface area contributed by atoms with Crippen LogP contribution in [-0.2, 0) is 0 Å². The van der Waals surface area contributed by atoms with Crippen LogP contribution in [0.3, 0.4) is 0 Å². The molecular weight excluding hydrogens is 230 g/mol. The molecule has 0 fully saturated rings. The standard InChI is InChI=1S/C13H11N3S/c1-9-3-4-12(10(2)7-9)17-13-11(8-14)5-6-15-16-13/h3-7H,1-2H3. The third-order valence-electron chi connectivity index (χ3n) is 2.34. The summed E-state index contributed by atoms with van der Waals surface area (Å²) >= 11 is 1.48. The first-order valence-corrected chi connectivity index (χ1v) is 5.99. The Hall–Kier alpha value is -1.86. The van der Waals surface area contributed by atoms with Gasteiger partial charge in [0, 0.05) is 4.90 Å². The van der Waals surface area contributed by atoms with Crippen LogP contribution in [0, 0.1) is 25.2 Å². The number of hydrogen-bond acceptors (Lipinski definition) is 4. The van der Waals surface area contributed by atoms with E-state index in [-0.39, 0.29) is 0 Å². The lowest BCUT2D eigenvalue weighted by Crippen LogP contribution is -1.90. The minimum atomic E-state index is 0.560. The molecule has 0 saturated carbocycles. The predicted molar refractivity (Wildman–Crippen MR) is 66.8 cm³/mol. The third kappa shape index (κ3) is 2.63. The highest BCUT2D eigenvalue weighted by molar-refractivity contribution is 7.99. The first-order chi connectivity index (χ1) is 8.20. The lowest BCUT2D eigenvalue weighted by atomic mass is 10.2.